The number of nitrogens with two attached hydrogens (primary N) is 1. The predicted octanol–water partition coefficient (Wildman–Crippen LogP) is 2.02. The molecule has 72 valence electrons. The number of nitrogens with zero attached hydrogens (tertiary/aromatic N) is 1. The van der Waals surface area contributed by atoms with Gasteiger partial charge in [-0.25, -0.2) is 0 Å². The first-order valence-corrected chi connectivity index (χ1v) is 4.77. The van der Waals surface area contributed by atoms with Gasteiger partial charge >= 0.3 is 0 Å². The van der Waals surface area contributed by atoms with Gasteiger partial charge in [0.05, 0.1) is 5.56 Å². The lowest BCUT2D eigenvalue weighted by atomic mass is 10.1. The molecule has 0 atom stereocenters. The van der Waals surface area contributed by atoms with Crippen molar-refractivity contribution in [3.63, 3.8) is 0 Å². The Kier molecular flexibility index (Phi) is 2.05. The fourth-order valence-electron chi connectivity index (χ4n) is 1.43. The molecule has 0 radical (unpaired) electrons. The van der Waals surface area contributed by atoms with Crippen LogP contribution in [0.15, 0.2) is 12.1 Å². The summed E-state index contributed by atoms with van der Waals surface area (Å²) in [6, 6.07) is 6.38. The first-order chi connectivity index (χ1) is 6.70. The van der Waals surface area contributed by atoms with Crippen molar-refractivity contribution >= 4 is 11.4 Å². The number of hydrogen-bond acceptors (Lipinski definition) is 3. The quantitative estimate of drug-likeness (QED) is 0.696. The molecule has 0 amide bonds. The number of aryl methyl sites for hydroxylation is 1. The molecule has 3 N–H and O–H groups in total. The van der Waals surface area contributed by atoms with Crippen LogP contribution in [0.25, 0.3) is 0 Å². The SMILES string of the molecule is Cc1cc(N)c(C#N)cc1NC1CC1. The number of hydrogen-bond donors (Lipinski definition) is 2. The lowest BCUT2D eigenvalue weighted by Gasteiger charge is -2.10. The van der Waals surface area contributed by atoms with E-state index in [9.17, 15) is 0 Å². The van der Waals surface area contributed by atoms with Crippen molar-refractivity contribution < 1.29 is 0 Å². The minimum Gasteiger partial charge on any atom is -0.398 e. The van der Waals surface area contributed by atoms with E-state index in [4.69, 9.17) is 11.0 Å². The molecule has 1 saturated carbocycles. The number of nitrogens with one attached hydrogen (secondary N) is 1. The normalized spacial score (nSPS) is 14.9. The smallest absolute Gasteiger partial charge is 0.101 e. The minimum atomic E-state index is 0.554. The van der Waals surface area contributed by atoms with E-state index in [2.05, 4.69) is 11.4 Å². The van der Waals surface area contributed by atoms with Crippen LogP contribution in [0.4, 0.5) is 11.4 Å². The van der Waals surface area contributed by atoms with E-state index >= 15 is 0 Å². The molecule has 1 aliphatic rings. The highest BCUT2D eigenvalue weighted by Crippen LogP contribution is 2.28. The van der Waals surface area contributed by atoms with E-state index in [1.165, 1.54) is 12.8 Å². The van der Waals surface area contributed by atoms with E-state index in [1.54, 1.807) is 0 Å². The van der Waals surface area contributed by atoms with Crippen LogP contribution in [-0.4, -0.2) is 6.04 Å². The van der Waals surface area contributed by atoms with Crippen LogP contribution in [0.2, 0.25) is 0 Å². The zero-order chi connectivity index (χ0) is 10.1. The van der Waals surface area contributed by atoms with Crippen molar-refractivity contribution in [3.8, 4) is 6.07 Å². The summed E-state index contributed by atoms with van der Waals surface area (Å²) in [6.45, 7) is 2.00. The molecule has 2 rings (SSSR count). The van der Waals surface area contributed by atoms with E-state index in [0.29, 0.717) is 17.3 Å². The van der Waals surface area contributed by atoms with Gasteiger partial charge in [0.25, 0.3) is 0 Å². The van der Waals surface area contributed by atoms with Gasteiger partial charge in [-0.05, 0) is 37.5 Å². The molecule has 3 heteroatoms. The molecule has 0 saturated heterocycles. The van der Waals surface area contributed by atoms with Crippen LogP contribution in [-0.2, 0) is 0 Å². The van der Waals surface area contributed by atoms with Crippen LogP contribution in [0.3, 0.4) is 0 Å². The maximum Gasteiger partial charge on any atom is 0.101 e. The van der Waals surface area contributed by atoms with Crippen LogP contribution in [0.5, 0.6) is 0 Å². The van der Waals surface area contributed by atoms with Gasteiger partial charge < -0.3 is 11.1 Å². The molecule has 14 heavy (non-hydrogen) atoms. The van der Waals surface area contributed by atoms with Crippen molar-refractivity contribution in [3.05, 3.63) is 23.3 Å². The molecule has 1 aromatic carbocycles. The molecule has 1 fully saturated rings. The molecule has 0 spiro atoms. The summed E-state index contributed by atoms with van der Waals surface area (Å²) < 4.78 is 0. The van der Waals surface area contributed by atoms with Gasteiger partial charge in [0.15, 0.2) is 0 Å². The first-order valence-electron chi connectivity index (χ1n) is 4.77. The van der Waals surface area contributed by atoms with Crippen molar-refractivity contribution in [2.45, 2.75) is 25.8 Å². The van der Waals surface area contributed by atoms with Crippen LogP contribution < -0.4 is 11.1 Å². The monoisotopic (exact) mass is 187 g/mol. The third kappa shape index (κ3) is 1.64. The van der Waals surface area contributed by atoms with E-state index < -0.39 is 0 Å². The Labute approximate surface area is 83.5 Å². The molecule has 1 aromatic rings. The zero-order valence-electron chi connectivity index (χ0n) is 8.17. The fraction of sp³-hybridized carbons (Fsp3) is 0.364. The molecule has 0 unspecified atom stereocenters. The Morgan fingerprint density at radius 3 is 2.79 bits per heavy atom. The summed E-state index contributed by atoms with van der Waals surface area (Å²) >= 11 is 0. The van der Waals surface area contributed by atoms with Crippen LogP contribution in [0, 0.1) is 18.3 Å². The van der Waals surface area contributed by atoms with E-state index in [0.717, 1.165) is 11.3 Å². The highest BCUT2D eigenvalue weighted by Gasteiger charge is 2.21. The Morgan fingerprint density at radius 1 is 1.50 bits per heavy atom. The topological polar surface area (TPSA) is 61.8 Å². The van der Waals surface area contributed by atoms with Crippen LogP contribution >= 0.6 is 0 Å². The molecular weight excluding hydrogens is 174 g/mol. The van der Waals surface area contributed by atoms with Crippen molar-refractivity contribution in [1.82, 2.24) is 0 Å². The minimum absolute atomic E-state index is 0.554. The third-order valence-electron chi connectivity index (χ3n) is 2.45. The van der Waals surface area contributed by atoms with Crippen molar-refractivity contribution in [1.29, 1.82) is 5.26 Å². The highest BCUT2D eigenvalue weighted by atomic mass is 15.0. The fourth-order valence-corrected chi connectivity index (χ4v) is 1.43. The Balaban J connectivity index is 2.33. The molecule has 3 nitrogen and oxygen atoms in total. The summed E-state index contributed by atoms with van der Waals surface area (Å²) in [5, 5.41) is 12.2. The maximum atomic E-state index is 8.83. The third-order valence-corrected chi connectivity index (χ3v) is 2.45. The van der Waals surface area contributed by atoms with Gasteiger partial charge in [-0.2, -0.15) is 5.26 Å². The van der Waals surface area contributed by atoms with Gasteiger partial charge in [-0.15, -0.1) is 0 Å². The second-order valence-corrected chi connectivity index (χ2v) is 3.78. The summed E-state index contributed by atoms with van der Waals surface area (Å²) in [5.41, 5.74) is 8.96. The standard InChI is InChI=1S/C11H13N3/c1-7-4-10(13)8(6-12)5-11(7)14-9-2-3-9/h4-5,9,14H,2-3,13H2,1H3. The Bertz CT molecular complexity index is 400. The van der Waals surface area contributed by atoms with Gasteiger partial charge in [0.2, 0.25) is 0 Å². The second kappa shape index (κ2) is 3.22. The molecular formula is C11H13N3. The summed E-state index contributed by atoms with van der Waals surface area (Å²) in [7, 11) is 0. The number of anilines is 2. The first kappa shape index (κ1) is 8.89. The number of nitrogen functional groups attached to an aromatic ring is 1. The Morgan fingerprint density at radius 2 is 2.21 bits per heavy atom. The summed E-state index contributed by atoms with van der Waals surface area (Å²) in [6.07, 6.45) is 2.46. The Hall–Kier alpha value is -1.69. The largest absolute Gasteiger partial charge is 0.398 e. The van der Waals surface area contributed by atoms with E-state index in [1.807, 2.05) is 19.1 Å². The summed E-state index contributed by atoms with van der Waals surface area (Å²) in [5.74, 6) is 0. The lowest BCUT2D eigenvalue weighted by molar-refractivity contribution is 1.14. The lowest BCUT2D eigenvalue weighted by Crippen LogP contribution is -2.04. The average molecular weight is 187 g/mol. The molecule has 1 aliphatic carbocycles. The molecule has 0 bridgehead atoms. The van der Waals surface area contributed by atoms with Gasteiger partial charge in [0.1, 0.15) is 6.07 Å². The second-order valence-electron chi connectivity index (χ2n) is 3.78. The van der Waals surface area contributed by atoms with Gasteiger partial charge in [-0.3, -0.25) is 0 Å². The van der Waals surface area contributed by atoms with Gasteiger partial charge in [0, 0.05) is 17.4 Å². The number of nitriles is 1. The predicted molar refractivity (Wildman–Crippen MR) is 57.0 cm³/mol. The molecule has 0 aliphatic heterocycles. The van der Waals surface area contributed by atoms with Crippen molar-refractivity contribution in [2.24, 2.45) is 0 Å². The number of benzene rings is 1. The number of rotatable bonds is 2. The maximum absolute atomic E-state index is 8.83. The zero-order valence-corrected chi connectivity index (χ0v) is 8.17. The highest BCUT2D eigenvalue weighted by molar-refractivity contribution is 5.66. The average Bonchev–Trinajstić information content (AvgIpc) is 2.93. The van der Waals surface area contributed by atoms with Crippen molar-refractivity contribution in [2.75, 3.05) is 11.1 Å². The van der Waals surface area contributed by atoms with E-state index in [-0.39, 0.29) is 0 Å². The van der Waals surface area contributed by atoms with Crippen LogP contribution in [0.1, 0.15) is 24.0 Å². The molecule has 0 aromatic heterocycles. The van der Waals surface area contributed by atoms with Gasteiger partial charge in [-0.1, -0.05) is 0 Å². The summed E-state index contributed by atoms with van der Waals surface area (Å²) in [4.78, 5) is 0. The molecule has 0 heterocycles.